The molecule has 0 radical (unpaired) electrons. The predicted molar refractivity (Wildman–Crippen MR) is 133 cm³/mol. The Labute approximate surface area is 207 Å². The van der Waals surface area contributed by atoms with Gasteiger partial charge >= 0.3 is 0 Å². The molecule has 7 nitrogen and oxygen atoms in total. The molecule has 0 saturated carbocycles. The van der Waals surface area contributed by atoms with Crippen LogP contribution < -0.4 is 10.6 Å². The monoisotopic (exact) mass is 505 g/mol. The van der Waals surface area contributed by atoms with Gasteiger partial charge in [0.25, 0.3) is 5.91 Å². The summed E-state index contributed by atoms with van der Waals surface area (Å²) in [5.74, 6) is 0.629. The average Bonchev–Trinajstić information content (AvgIpc) is 3.18. The zero-order valence-corrected chi connectivity index (χ0v) is 20.9. The summed E-state index contributed by atoms with van der Waals surface area (Å²) in [5, 5.41) is 15.5. The fourth-order valence-corrected chi connectivity index (χ4v) is 4.55. The van der Waals surface area contributed by atoms with Crippen LogP contribution in [0.25, 0.3) is 0 Å². The molecule has 0 saturated heterocycles. The molecule has 1 aromatic heterocycles. The standard InChI is InChI=1S/C23H25Cl2N5O2S/c1-4-30-20(12-26-22(32)17-10-9-15(24)11-18(17)25)28-29-23(30)33-13-21(31)27-19-8-6-5-7-16(19)14(2)3/h5-11,14H,4,12-13H2,1-3H3,(H,26,32)(H,27,31). The zero-order chi connectivity index (χ0) is 24.0. The van der Waals surface area contributed by atoms with E-state index in [2.05, 4.69) is 34.7 Å². The molecule has 0 aliphatic heterocycles. The molecule has 0 atom stereocenters. The molecule has 10 heteroatoms. The van der Waals surface area contributed by atoms with Crippen molar-refractivity contribution in [3.8, 4) is 0 Å². The number of hydrogen-bond acceptors (Lipinski definition) is 5. The van der Waals surface area contributed by atoms with Gasteiger partial charge in [-0.2, -0.15) is 0 Å². The third-order valence-electron chi connectivity index (χ3n) is 4.88. The third kappa shape index (κ3) is 6.50. The van der Waals surface area contributed by atoms with E-state index < -0.39 is 0 Å². The maximum absolute atomic E-state index is 12.5. The topological polar surface area (TPSA) is 88.9 Å². The Morgan fingerprint density at radius 3 is 2.58 bits per heavy atom. The second-order valence-corrected chi connectivity index (χ2v) is 9.31. The lowest BCUT2D eigenvalue weighted by atomic mass is 10.0. The fraction of sp³-hybridized carbons (Fsp3) is 0.304. The number of nitrogens with one attached hydrogen (secondary N) is 2. The van der Waals surface area contributed by atoms with E-state index in [9.17, 15) is 9.59 Å². The Bertz CT molecular complexity index is 1150. The number of nitrogens with zero attached hydrogens (tertiary/aromatic N) is 3. The molecule has 0 spiro atoms. The minimum absolute atomic E-state index is 0.119. The summed E-state index contributed by atoms with van der Waals surface area (Å²) in [7, 11) is 0. The second kappa shape index (κ2) is 11.5. The summed E-state index contributed by atoms with van der Waals surface area (Å²) in [6, 6.07) is 12.5. The number of carbonyl (C=O) groups excluding carboxylic acids is 2. The number of rotatable bonds is 9. The molecule has 0 fully saturated rings. The van der Waals surface area contributed by atoms with E-state index in [4.69, 9.17) is 23.2 Å². The summed E-state index contributed by atoms with van der Waals surface area (Å²) in [6.45, 7) is 6.90. The van der Waals surface area contributed by atoms with Crippen LogP contribution in [0, 0.1) is 0 Å². The summed E-state index contributed by atoms with van der Waals surface area (Å²) >= 11 is 13.3. The first-order valence-corrected chi connectivity index (χ1v) is 12.2. The molecule has 2 aromatic carbocycles. The Hall–Kier alpha value is -2.55. The van der Waals surface area contributed by atoms with Gasteiger partial charge in [0, 0.05) is 17.3 Å². The number of amides is 2. The minimum Gasteiger partial charge on any atom is -0.345 e. The third-order valence-corrected chi connectivity index (χ3v) is 6.40. The number of benzene rings is 2. The summed E-state index contributed by atoms with van der Waals surface area (Å²) in [6.07, 6.45) is 0. The number of hydrogen-bond donors (Lipinski definition) is 2. The quantitative estimate of drug-likeness (QED) is 0.380. The van der Waals surface area contributed by atoms with Gasteiger partial charge < -0.3 is 15.2 Å². The van der Waals surface area contributed by atoms with Crippen LogP contribution in [0.1, 0.15) is 48.4 Å². The van der Waals surface area contributed by atoms with Gasteiger partial charge in [-0.25, -0.2) is 0 Å². The zero-order valence-electron chi connectivity index (χ0n) is 18.6. The lowest BCUT2D eigenvalue weighted by molar-refractivity contribution is -0.113. The molecule has 0 aliphatic rings. The molecule has 0 bridgehead atoms. The van der Waals surface area contributed by atoms with E-state index >= 15 is 0 Å². The fourth-order valence-electron chi connectivity index (χ4n) is 3.23. The molecule has 0 aliphatic carbocycles. The smallest absolute Gasteiger partial charge is 0.253 e. The average molecular weight is 506 g/mol. The normalized spacial score (nSPS) is 11.0. The highest BCUT2D eigenvalue weighted by atomic mass is 35.5. The first-order valence-electron chi connectivity index (χ1n) is 10.5. The highest BCUT2D eigenvalue weighted by molar-refractivity contribution is 7.99. The van der Waals surface area contributed by atoms with Gasteiger partial charge in [-0.05, 0) is 42.7 Å². The lowest BCUT2D eigenvalue weighted by Gasteiger charge is -2.13. The van der Waals surface area contributed by atoms with Crippen LogP contribution in [0.15, 0.2) is 47.6 Å². The van der Waals surface area contributed by atoms with Crippen molar-refractivity contribution in [2.45, 2.75) is 44.9 Å². The van der Waals surface area contributed by atoms with Crippen molar-refractivity contribution in [2.24, 2.45) is 0 Å². The first kappa shape index (κ1) is 25.1. The Morgan fingerprint density at radius 2 is 1.88 bits per heavy atom. The largest absolute Gasteiger partial charge is 0.345 e. The maximum atomic E-state index is 12.5. The molecular weight excluding hydrogens is 481 g/mol. The van der Waals surface area contributed by atoms with Gasteiger partial charge in [0.2, 0.25) is 5.91 Å². The summed E-state index contributed by atoms with van der Waals surface area (Å²) < 4.78 is 1.86. The molecule has 3 rings (SSSR count). The molecule has 2 amide bonds. The van der Waals surface area contributed by atoms with E-state index in [1.54, 1.807) is 12.1 Å². The van der Waals surface area contributed by atoms with Crippen LogP contribution in [0.2, 0.25) is 10.0 Å². The highest BCUT2D eigenvalue weighted by Crippen LogP contribution is 2.25. The Morgan fingerprint density at radius 1 is 1.12 bits per heavy atom. The van der Waals surface area contributed by atoms with Crippen LogP contribution in [0.3, 0.4) is 0 Å². The first-order chi connectivity index (χ1) is 15.8. The van der Waals surface area contributed by atoms with E-state index in [0.29, 0.717) is 34.0 Å². The van der Waals surface area contributed by atoms with E-state index in [1.807, 2.05) is 35.8 Å². The number of anilines is 1. The summed E-state index contributed by atoms with van der Waals surface area (Å²) in [5.41, 5.74) is 2.24. The van der Waals surface area contributed by atoms with Crippen molar-refractivity contribution in [3.05, 3.63) is 69.5 Å². The van der Waals surface area contributed by atoms with Gasteiger partial charge in [-0.3, -0.25) is 9.59 Å². The van der Waals surface area contributed by atoms with Crippen LogP contribution in [0.5, 0.6) is 0 Å². The Kier molecular flexibility index (Phi) is 8.77. The number of para-hydroxylation sites is 1. The number of aromatic nitrogens is 3. The van der Waals surface area contributed by atoms with Gasteiger partial charge in [0.1, 0.15) is 0 Å². The number of halogens is 2. The van der Waals surface area contributed by atoms with Crippen LogP contribution in [-0.4, -0.2) is 32.3 Å². The molecule has 33 heavy (non-hydrogen) atoms. The van der Waals surface area contributed by atoms with Crippen molar-refractivity contribution in [3.63, 3.8) is 0 Å². The molecule has 0 unspecified atom stereocenters. The van der Waals surface area contributed by atoms with Crippen LogP contribution in [-0.2, 0) is 17.9 Å². The number of thioether (sulfide) groups is 1. The molecule has 174 valence electrons. The van der Waals surface area contributed by atoms with Crippen molar-refractivity contribution in [2.75, 3.05) is 11.1 Å². The van der Waals surface area contributed by atoms with E-state index in [-0.39, 0.29) is 29.1 Å². The SMILES string of the molecule is CCn1c(CNC(=O)c2ccc(Cl)cc2Cl)nnc1SCC(=O)Nc1ccccc1C(C)C. The van der Waals surface area contributed by atoms with E-state index in [1.165, 1.54) is 17.8 Å². The molecule has 3 aromatic rings. The highest BCUT2D eigenvalue weighted by Gasteiger charge is 2.16. The van der Waals surface area contributed by atoms with Crippen LogP contribution in [0.4, 0.5) is 5.69 Å². The lowest BCUT2D eigenvalue weighted by Crippen LogP contribution is -2.25. The Balaban J connectivity index is 1.60. The van der Waals surface area contributed by atoms with E-state index in [0.717, 1.165) is 11.3 Å². The van der Waals surface area contributed by atoms with Gasteiger partial charge in [0.15, 0.2) is 11.0 Å². The van der Waals surface area contributed by atoms with Crippen molar-refractivity contribution in [1.29, 1.82) is 0 Å². The van der Waals surface area contributed by atoms with Crippen molar-refractivity contribution >= 4 is 52.5 Å². The predicted octanol–water partition coefficient (Wildman–Crippen LogP) is 5.39. The molecule has 1 heterocycles. The minimum atomic E-state index is -0.334. The van der Waals surface area contributed by atoms with Crippen LogP contribution >= 0.6 is 35.0 Å². The van der Waals surface area contributed by atoms with Crippen molar-refractivity contribution in [1.82, 2.24) is 20.1 Å². The molecular formula is C23H25Cl2N5O2S. The molecule has 2 N–H and O–H groups in total. The van der Waals surface area contributed by atoms with Gasteiger partial charge in [-0.15, -0.1) is 10.2 Å². The van der Waals surface area contributed by atoms with Gasteiger partial charge in [-0.1, -0.05) is 67.0 Å². The number of carbonyl (C=O) groups is 2. The maximum Gasteiger partial charge on any atom is 0.253 e. The second-order valence-electron chi connectivity index (χ2n) is 7.53. The van der Waals surface area contributed by atoms with Gasteiger partial charge in [0.05, 0.1) is 22.9 Å². The van der Waals surface area contributed by atoms with Crippen molar-refractivity contribution < 1.29 is 9.59 Å². The summed E-state index contributed by atoms with van der Waals surface area (Å²) in [4.78, 5) is 25.0.